The zero-order valence-electron chi connectivity index (χ0n) is 13.7. The molecule has 0 bridgehead atoms. The molecule has 1 atom stereocenters. The van der Waals surface area contributed by atoms with Crippen LogP contribution >= 0.6 is 0 Å². The molecule has 1 aliphatic rings. The summed E-state index contributed by atoms with van der Waals surface area (Å²) in [6.45, 7) is 8.25. The number of hydrogen-bond donors (Lipinski definition) is 2. The Morgan fingerprint density at radius 2 is 2.14 bits per heavy atom. The van der Waals surface area contributed by atoms with Crippen molar-refractivity contribution in [3.05, 3.63) is 23.8 Å². The third kappa shape index (κ3) is 4.35. The summed E-state index contributed by atoms with van der Waals surface area (Å²) in [4.78, 5) is 0. The van der Waals surface area contributed by atoms with E-state index in [9.17, 15) is 5.11 Å². The van der Waals surface area contributed by atoms with E-state index in [2.05, 4.69) is 25.2 Å². The van der Waals surface area contributed by atoms with Gasteiger partial charge in [-0.05, 0) is 40.8 Å². The van der Waals surface area contributed by atoms with Crippen LogP contribution in [-0.4, -0.2) is 30.0 Å². The summed E-state index contributed by atoms with van der Waals surface area (Å²) < 4.78 is 11.8. The first-order valence-corrected chi connectivity index (χ1v) is 7.56. The number of rotatable bonds is 5. The molecule has 0 aromatic heterocycles. The molecule has 0 aliphatic carbocycles. The van der Waals surface area contributed by atoms with Gasteiger partial charge in [-0.25, -0.2) is 0 Å². The quantitative estimate of drug-likeness (QED) is 0.876. The maximum absolute atomic E-state index is 9.71. The third-order valence-electron chi connectivity index (χ3n) is 3.77. The van der Waals surface area contributed by atoms with E-state index in [0.717, 1.165) is 17.9 Å². The van der Waals surface area contributed by atoms with Crippen LogP contribution in [0.2, 0.25) is 0 Å². The molecule has 4 nitrogen and oxygen atoms in total. The number of hydrogen-bond acceptors (Lipinski definition) is 4. The molecule has 0 fully saturated rings. The van der Waals surface area contributed by atoms with Gasteiger partial charge in [0, 0.05) is 30.5 Å². The molecule has 21 heavy (non-hydrogen) atoms. The third-order valence-corrected chi connectivity index (χ3v) is 3.77. The van der Waals surface area contributed by atoms with Gasteiger partial charge in [0.15, 0.2) is 0 Å². The van der Waals surface area contributed by atoms with E-state index in [4.69, 9.17) is 9.47 Å². The molecule has 0 saturated heterocycles. The van der Waals surface area contributed by atoms with Crippen molar-refractivity contribution in [1.29, 1.82) is 0 Å². The Hall–Kier alpha value is -1.26. The van der Waals surface area contributed by atoms with E-state index in [1.807, 2.05) is 19.2 Å². The van der Waals surface area contributed by atoms with Crippen molar-refractivity contribution in [3.8, 4) is 11.5 Å². The van der Waals surface area contributed by atoms with Gasteiger partial charge in [-0.1, -0.05) is 6.07 Å². The number of fused-ring (bicyclic) bond motifs is 1. The molecule has 1 aromatic carbocycles. The average molecular weight is 293 g/mol. The lowest BCUT2D eigenvalue weighted by Crippen LogP contribution is -2.38. The molecule has 1 aromatic rings. The van der Waals surface area contributed by atoms with E-state index in [0.29, 0.717) is 19.1 Å². The molecule has 2 rings (SSSR count). The highest BCUT2D eigenvalue weighted by molar-refractivity contribution is 5.44. The topological polar surface area (TPSA) is 50.7 Å². The van der Waals surface area contributed by atoms with Gasteiger partial charge in [0.2, 0.25) is 0 Å². The highest BCUT2D eigenvalue weighted by atomic mass is 16.5. The second kappa shape index (κ2) is 5.85. The van der Waals surface area contributed by atoms with Crippen molar-refractivity contribution in [2.24, 2.45) is 0 Å². The predicted molar refractivity (Wildman–Crippen MR) is 84.0 cm³/mol. The van der Waals surface area contributed by atoms with Crippen molar-refractivity contribution in [1.82, 2.24) is 5.32 Å². The molecular formula is C17H27NO3. The standard InChI is InChI=1S/C17H27NO3/c1-16(2,19)8-9-20-12-6-7-13-14(18-5)11-17(3,4)21-15(13)10-12/h6-7,10,14,18-19H,8-9,11H2,1-5H3. The summed E-state index contributed by atoms with van der Waals surface area (Å²) >= 11 is 0. The van der Waals surface area contributed by atoms with Gasteiger partial charge < -0.3 is 19.9 Å². The van der Waals surface area contributed by atoms with Crippen LogP contribution in [0.15, 0.2) is 18.2 Å². The minimum atomic E-state index is -0.704. The Morgan fingerprint density at radius 3 is 2.76 bits per heavy atom. The summed E-state index contributed by atoms with van der Waals surface area (Å²) in [5, 5.41) is 13.1. The second-order valence-corrected chi connectivity index (χ2v) is 7.02. The summed E-state index contributed by atoms with van der Waals surface area (Å²) in [7, 11) is 1.98. The van der Waals surface area contributed by atoms with Crippen molar-refractivity contribution in [2.75, 3.05) is 13.7 Å². The van der Waals surface area contributed by atoms with Crippen LogP contribution in [0.5, 0.6) is 11.5 Å². The summed E-state index contributed by atoms with van der Waals surface area (Å²) in [5.41, 5.74) is 0.280. The number of benzene rings is 1. The number of aliphatic hydroxyl groups is 1. The fraction of sp³-hybridized carbons (Fsp3) is 0.647. The normalized spacial score (nSPS) is 20.6. The van der Waals surface area contributed by atoms with Crippen molar-refractivity contribution in [3.63, 3.8) is 0 Å². The fourth-order valence-electron chi connectivity index (χ4n) is 2.60. The van der Waals surface area contributed by atoms with Gasteiger partial charge in [0.25, 0.3) is 0 Å². The van der Waals surface area contributed by atoms with Gasteiger partial charge in [0.05, 0.1) is 12.2 Å². The van der Waals surface area contributed by atoms with Crippen LogP contribution < -0.4 is 14.8 Å². The summed E-state index contributed by atoms with van der Waals surface area (Å²) in [6.07, 6.45) is 1.53. The van der Waals surface area contributed by atoms with E-state index in [-0.39, 0.29) is 5.60 Å². The number of ether oxygens (including phenoxy) is 2. The minimum absolute atomic E-state index is 0.188. The van der Waals surface area contributed by atoms with Crippen LogP contribution in [-0.2, 0) is 0 Å². The Morgan fingerprint density at radius 1 is 1.43 bits per heavy atom. The first kappa shape index (κ1) is 16.1. The van der Waals surface area contributed by atoms with Crippen LogP contribution in [0.1, 0.15) is 52.1 Å². The summed E-state index contributed by atoms with van der Waals surface area (Å²) in [6, 6.07) is 6.28. The Kier molecular flexibility index (Phi) is 4.49. The van der Waals surface area contributed by atoms with Crippen molar-refractivity contribution in [2.45, 2.75) is 57.8 Å². The lowest BCUT2D eigenvalue weighted by atomic mass is 9.90. The SMILES string of the molecule is CNC1CC(C)(C)Oc2cc(OCCC(C)(C)O)ccc21. The molecule has 1 heterocycles. The van der Waals surface area contributed by atoms with Crippen LogP contribution in [0.25, 0.3) is 0 Å². The first-order chi connectivity index (χ1) is 9.70. The molecule has 2 N–H and O–H groups in total. The molecular weight excluding hydrogens is 266 g/mol. The molecule has 0 spiro atoms. The smallest absolute Gasteiger partial charge is 0.128 e. The highest BCUT2D eigenvalue weighted by Crippen LogP contribution is 2.41. The lowest BCUT2D eigenvalue weighted by molar-refractivity contribution is 0.0547. The molecule has 1 aliphatic heterocycles. The second-order valence-electron chi connectivity index (χ2n) is 7.02. The molecule has 118 valence electrons. The highest BCUT2D eigenvalue weighted by Gasteiger charge is 2.33. The maximum atomic E-state index is 9.71. The monoisotopic (exact) mass is 293 g/mol. The van der Waals surface area contributed by atoms with Crippen molar-refractivity contribution < 1.29 is 14.6 Å². The Balaban J connectivity index is 2.11. The molecule has 1 unspecified atom stereocenters. The Labute approximate surface area is 127 Å². The zero-order chi connectivity index (χ0) is 15.7. The Bertz CT molecular complexity index is 491. The first-order valence-electron chi connectivity index (χ1n) is 7.56. The van der Waals surface area contributed by atoms with Gasteiger partial charge in [0.1, 0.15) is 17.1 Å². The molecule has 4 heteroatoms. The van der Waals surface area contributed by atoms with Crippen molar-refractivity contribution >= 4 is 0 Å². The summed E-state index contributed by atoms with van der Waals surface area (Å²) in [5.74, 6) is 1.66. The van der Waals surface area contributed by atoms with Gasteiger partial charge in [-0.15, -0.1) is 0 Å². The number of nitrogens with one attached hydrogen (secondary N) is 1. The maximum Gasteiger partial charge on any atom is 0.128 e. The van der Waals surface area contributed by atoms with E-state index < -0.39 is 5.60 Å². The van der Waals surface area contributed by atoms with E-state index in [1.165, 1.54) is 5.56 Å². The predicted octanol–water partition coefficient (Wildman–Crippen LogP) is 3.05. The van der Waals surface area contributed by atoms with Crippen LogP contribution in [0, 0.1) is 0 Å². The fourth-order valence-corrected chi connectivity index (χ4v) is 2.60. The van der Waals surface area contributed by atoms with E-state index >= 15 is 0 Å². The van der Waals surface area contributed by atoms with Gasteiger partial charge in [-0.2, -0.15) is 0 Å². The molecule has 0 saturated carbocycles. The van der Waals surface area contributed by atoms with Gasteiger partial charge in [-0.3, -0.25) is 0 Å². The lowest BCUT2D eigenvalue weighted by Gasteiger charge is -2.37. The zero-order valence-corrected chi connectivity index (χ0v) is 13.7. The largest absolute Gasteiger partial charge is 0.493 e. The molecule has 0 radical (unpaired) electrons. The van der Waals surface area contributed by atoms with E-state index in [1.54, 1.807) is 13.8 Å². The average Bonchev–Trinajstić information content (AvgIpc) is 2.34. The van der Waals surface area contributed by atoms with Gasteiger partial charge >= 0.3 is 0 Å². The minimum Gasteiger partial charge on any atom is -0.493 e. The molecule has 0 amide bonds. The van der Waals surface area contributed by atoms with Crippen LogP contribution in [0.3, 0.4) is 0 Å². The van der Waals surface area contributed by atoms with Crippen LogP contribution in [0.4, 0.5) is 0 Å².